The Bertz CT molecular complexity index is 843. The number of benzene rings is 2. The van der Waals surface area contributed by atoms with Gasteiger partial charge in [-0.15, -0.1) is 0 Å². The van der Waals surface area contributed by atoms with E-state index < -0.39 is 23.9 Å². The smallest absolute Gasteiger partial charge is 0.336 e. The van der Waals surface area contributed by atoms with Crippen molar-refractivity contribution in [2.24, 2.45) is 0 Å². The van der Waals surface area contributed by atoms with Gasteiger partial charge in [0, 0.05) is 0 Å². The minimum atomic E-state index is -1.37. The van der Waals surface area contributed by atoms with Gasteiger partial charge < -0.3 is 20.4 Å². The molecule has 0 atom stereocenters. The predicted octanol–water partition coefficient (Wildman–Crippen LogP) is 1.97. The monoisotopic (exact) mass is 356 g/mol. The van der Waals surface area contributed by atoms with Gasteiger partial charge in [0.05, 0.1) is 22.3 Å². The molecule has 0 heterocycles. The number of aromatic carboxylic acids is 4. The molecule has 3 rings (SSSR count). The van der Waals surface area contributed by atoms with Crippen LogP contribution in [-0.4, -0.2) is 44.3 Å². The molecule has 132 valence electrons. The highest BCUT2D eigenvalue weighted by molar-refractivity contribution is 6.03. The summed E-state index contributed by atoms with van der Waals surface area (Å²) in [5.41, 5.74) is 0.888. The molecule has 2 aromatic rings. The number of carbonyl (C=O) groups is 4. The van der Waals surface area contributed by atoms with Crippen LogP contribution >= 0.6 is 0 Å². The number of carboxylic acids is 4. The van der Waals surface area contributed by atoms with Gasteiger partial charge in [-0.3, -0.25) is 0 Å². The van der Waals surface area contributed by atoms with E-state index in [4.69, 9.17) is 0 Å². The molecule has 0 unspecified atom stereocenters. The predicted molar refractivity (Wildman–Crippen MR) is 86.3 cm³/mol. The lowest BCUT2D eigenvalue weighted by atomic mass is 9.82. The average molecular weight is 356 g/mol. The Hall–Kier alpha value is -3.68. The summed E-state index contributed by atoms with van der Waals surface area (Å²) >= 11 is 0. The second-order valence-corrected chi connectivity index (χ2v) is 5.91. The van der Waals surface area contributed by atoms with Gasteiger partial charge in [-0.25, -0.2) is 19.2 Å². The second-order valence-electron chi connectivity index (χ2n) is 5.91. The topological polar surface area (TPSA) is 149 Å². The third kappa shape index (κ3) is 2.77. The van der Waals surface area contributed by atoms with Crippen LogP contribution in [0.4, 0.5) is 0 Å². The van der Waals surface area contributed by atoms with Gasteiger partial charge in [-0.05, 0) is 59.4 Å². The summed E-state index contributed by atoms with van der Waals surface area (Å²) in [6, 6.07) is 5.09. The van der Waals surface area contributed by atoms with E-state index in [1.165, 1.54) is 24.3 Å². The first kappa shape index (κ1) is 17.2. The summed E-state index contributed by atoms with van der Waals surface area (Å²) in [5, 5.41) is 36.9. The minimum Gasteiger partial charge on any atom is -0.478 e. The first-order valence-electron chi connectivity index (χ1n) is 7.43. The second kappa shape index (κ2) is 5.99. The van der Waals surface area contributed by atoms with Crippen molar-refractivity contribution >= 4 is 23.9 Å². The summed E-state index contributed by atoms with van der Waals surface area (Å²) in [5.74, 6) is -5.49. The van der Waals surface area contributed by atoms with Crippen molar-refractivity contribution < 1.29 is 39.6 Å². The molecule has 4 N–H and O–H groups in total. The zero-order valence-corrected chi connectivity index (χ0v) is 13.1. The van der Waals surface area contributed by atoms with Crippen LogP contribution < -0.4 is 0 Å². The van der Waals surface area contributed by atoms with E-state index in [1.54, 1.807) is 0 Å². The van der Waals surface area contributed by atoms with Crippen molar-refractivity contribution in [1.82, 2.24) is 0 Å². The molecule has 8 heteroatoms. The molecular weight excluding hydrogens is 344 g/mol. The van der Waals surface area contributed by atoms with E-state index >= 15 is 0 Å². The van der Waals surface area contributed by atoms with Crippen molar-refractivity contribution in [3.63, 3.8) is 0 Å². The molecule has 0 spiro atoms. The van der Waals surface area contributed by atoms with Crippen LogP contribution in [0.15, 0.2) is 24.3 Å². The van der Waals surface area contributed by atoms with Crippen LogP contribution in [0.1, 0.15) is 63.7 Å². The molecule has 8 nitrogen and oxygen atoms in total. The Morgan fingerprint density at radius 1 is 0.500 bits per heavy atom. The molecule has 0 saturated heterocycles. The molecule has 2 aromatic carbocycles. The lowest BCUT2D eigenvalue weighted by Crippen LogP contribution is -2.17. The normalized spacial score (nSPS) is 12.0. The quantitative estimate of drug-likeness (QED) is 0.554. The van der Waals surface area contributed by atoms with Gasteiger partial charge in [0.15, 0.2) is 0 Å². The maximum atomic E-state index is 11.3. The third-order valence-electron chi connectivity index (χ3n) is 4.36. The zero-order valence-electron chi connectivity index (χ0n) is 13.1. The van der Waals surface area contributed by atoms with E-state index in [-0.39, 0.29) is 35.1 Å². The minimum absolute atomic E-state index is 0.186. The summed E-state index contributed by atoms with van der Waals surface area (Å²) in [7, 11) is 0. The molecule has 0 saturated carbocycles. The summed E-state index contributed by atoms with van der Waals surface area (Å²) in [6.07, 6.45) is 0.371. The summed E-state index contributed by atoms with van der Waals surface area (Å²) in [4.78, 5) is 45.3. The fraction of sp³-hybridized carbons (Fsp3) is 0.111. The van der Waals surface area contributed by atoms with Crippen LogP contribution in [-0.2, 0) is 12.8 Å². The Balaban J connectivity index is 2.16. The van der Waals surface area contributed by atoms with E-state index in [0.717, 1.165) is 0 Å². The Kier molecular flexibility index (Phi) is 3.96. The van der Waals surface area contributed by atoms with E-state index in [0.29, 0.717) is 22.3 Å². The lowest BCUT2D eigenvalue weighted by Gasteiger charge is -2.22. The van der Waals surface area contributed by atoms with Gasteiger partial charge >= 0.3 is 23.9 Å². The van der Waals surface area contributed by atoms with E-state index in [1.807, 2.05) is 0 Å². The molecule has 1 aliphatic carbocycles. The molecule has 26 heavy (non-hydrogen) atoms. The Morgan fingerprint density at radius 3 is 0.846 bits per heavy atom. The molecule has 0 fully saturated rings. The van der Waals surface area contributed by atoms with Crippen LogP contribution in [0, 0.1) is 0 Å². The summed E-state index contributed by atoms with van der Waals surface area (Å²) in [6.45, 7) is 0. The SMILES string of the molecule is O=C(O)c1cc2c(cc1C(=O)O)Cc1cc(C(=O)O)c(C(=O)O)cc1C2. The standard InChI is InChI=1S/C18H12O8/c19-15(20)11-3-7-1-8-4-12(16(21)22)14(18(25)26)6-10(8)2-9(7)5-13(11)17(23)24/h3-6H,1-2H2,(H,19,20)(H,21,22)(H,23,24)(H,25,26). The largest absolute Gasteiger partial charge is 0.478 e. The molecule has 1 aliphatic rings. The van der Waals surface area contributed by atoms with Gasteiger partial charge in [-0.1, -0.05) is 0 Å². The summed E-state index contributed by atoms with van der Waals surface area (Å²) < 4.78 is 0. The van der Waals surface area contributed by atoms with Crippen molar-refractivity contribution in [3.8, 4) is 0 Å². The molecule has 0 aromatic heterocycles. The Labute approximate surface area is 145 Å². The number of fused-ring (bicyclic) bond motifs is 2. The maximum absolute atomic E-state index is 11.3. The van der Waals surface area contributed by atoms with Crippen molar-refractivity contribution in [2.75, 3.05) is 0 Å². The van der Waals surface area contributed by atoms with Gasteiger partial charge in [0.2, 0.25) is 0 Å². The fourth-order valence-corrected chi connectivity index (χ4v) is 3.16. The average Bonchev–Trinajstić information content (AvgIpc) is 2.57. The van der Waals surface area contributed by atoms with Crippen molar-refractivity contribution in [3.05, 3.63) is 68.8 Å². The highest BCUT2D eigenvalue weighted by atomic mass is 16.4. The molecule has 0 aliphatic heterocycles. The molecule has 0 bridgehead atoms. The number of rotatable bonds is 4. The fourth-order valence-electron chi connectivity index (χ4n) is 3.16. The van der Waals surface area contributed by atoms with E-state index in [2.05, 4.69) is 0 Å². The van der Waals surface area contributed by atoms with Crippen LogP contribution in [0.5, 0.6) is 0 Å². The van der Waals surface area contributed by atoms with Crippen LogP contribution in [0.2, 0.25) is 0 Å². The first-order valence-corrected chi connectivity index (χ1v) is 7.43. The van der Waals surface area contributed by atoms with Crippen LogP contribution in [0.3, 0.4) is 0 Å². The van der Waals surface area contributed by atoms with Gasteiger partial charge in [-0.2, -0.15) is 0 Å². The van der Waals surface area contributed by atoms with Gasteiger partial charge in [0.25, 0.3) is 0 Å². The highest BCUT2D eigenvalue weighted by Crippen LogP contribution is 2.31. The molecule has 0 amide bonds. The Morgan fingerprint density at radius 2 is 0.692 bits per heavy atom. The van der Waals surface area contributed by atoms with Gasteiger partial charge in [0.1, 0.15) is 0 Å². The van der Waals surface area contributed by atoms with Crippen molar-refractivity contribution in [1.29, 1.82) is 0 Å². The number of carboxylic acid groups (broad SMARTS) is 4. The van der Waals surface area contributed by atoms with Crippen LogP contribution in [0.25, 0.3) is 0 Å². The number of hydrogen-bond acceptors (Lipinski definition) is 4. The molecule has 0 radical (unpaired) electrons. The van der Waals surface area contributed by atoms with E-state index in [9.17, 15) is 39.6 Å². The maximum Gasteiger partial charge on any atom is 0.336 e. The lowest BCUT2D eigenvalue weighted by molar-refractivity contribution is 0.0651. The zero-order chi connectivity index (χ0) is 19.2. The number of hydrogen-bond donors (Lipinski definition) is 4. The first-order chi connectivity index (χ1) is 12.2. The van der Waals surface area contributed by atoms with Crippen molar-refractivity contribution in [2.45, 2.75) is 12.8 Å². The molecular formula is C18H12O8. The third-order valence-corrected chi connectivity index (χ3v) is 4.36. The highest BCUT2D eigenvalue weighted by Gasteiger charge is 2.26.